The highest BCUT2D eigenvalue weighted by Crippen LogP contribution is 2.74. The number of fused-ring (bicyclic) bond motifs is 1. The fourth-order valence-electron chi connectivity index (χ4n) is 10.00. The summed E-state index contributed by atoms with van der Waals surface area (Å²) in [6, 6.07) is 5.64. The Kier molecular flexibility index (Phi) is 5.65. The molecule has 6 aliphatic rings. The van der Waals surface area contributed by atoms with Crippen LogP contribution in [0, 0.1) is 51.8 Å². The minimum atomic E-state index is -3.90. The summed E-state index contributed by atoms with van der Waals surface area (Å²) in [5, 5.41) is 15.5. The molecule has 8 atom stereocenters. The van der Waals surface area contributed by atoms with Gasteiger partial charge in [0, 0.05) is 5.41 Å². The third-order valence-corrected chi connectivity index (χ3v) is 12.5. The van der Waals surface area contributed by atoms with Crippen LogP contribution < -0.4 is 10.0 Å². The van der Waals surface area contributed by atoms with E-state index in [2.05, 4.69) is 26.8 Å². The Bertz CT molecular complexity index is 1420. The van der Waals surface area contributed by atoms with Crippen molar-refractivity contribution >= 4 is 33.5 Å². The normalized spacial score (nSPS) is 41.2. The van der Waals surface area contributed by atoms with Crippen LogP contribution in [-0.4, -0.2) is 31.3 Å². The summed E-state index contributed by atoms with van der Waals surface area (Å²) >= 11 is 0. The van der Waals surface area contributed by atoms with Crippen LogP contribution in [-0.2, 0) is 24.4 Å². The Hall–Kier alpha value is -2.52. The average Bonchev–Trinajstić information content (AvgIpc) is 3.14. The number of aliphatic carboxylic acids is 1. The highest BCUT2D eigenvalue weighted by Gasteiger charge is 2.73. The summed E-state index contributed by atoms with van der Waals surface area (Å²) in [5.41, 5.74) is 0.0882. The number of primary sulfonamides is 1. The van der Waals surface area contributed by atoms with Gasteiger partial charge in [-0.2, -0.15) is 0 Å². The molecule has 1 spiro atoms. The summed E-state index contributed by atoms with van der Waals surface area (Å²) < 4.78 is 23.5. The first-order valence-corrected chi connectivity index (χ1v) is 15.7. The minimum Gasteiger partial charge on any atom is -0.481 e. The van der Waals surface area contributed by atoms with E-state index >= 15 is 0 Å². The van der Waals surface area contributed by atoms with Crippen LogP contribution in [0.5, 0.6) is 0 Å². The van der Waals surface area contributed by atoms with Gasteiger partial charge in [0.15, 0.2) is 0 Å². The van der Waals surface area contributed by atoms with Crippen LogP contribution in [0.25, 0.3) is 0 Å². The summed E-state index contributed by atoms with van der Waals surface area (Å²) in [5.74, 6) is -1.80. The molecular weight excluding hydrogens is 516 g/mol. The molecule has 1 aromatic carbocycles. The Morgan fingerprint density at radius 3 is 2.31 bits per heavy atom. The number of amides is 2. The van der Waals surface area contributed by atoms with Crippen molar-refractivity contribution < 1.29 is 27.9 Å². The molecule has 4 fully saturated rings. The van der Waals surface area contributed by atoms with Gasteiger partial charge in [-0.3, -0.25) is 19.3 Å². The van der Waals surface area contributed by atoms with E-state index < -0.39 is 38.7 Å². The van der Waals surface area contributed by atoms with Gasteiger partial charge >= 0.3 is 5.97 Å². The highest BCUT2D eigenvalue weighted by molar-refractivity contribution is 7.89. The van der Waals surface area contributed by atoms with Crippen molar-refractivity contribution in [2.24, 2.45) is 56.9 Å². The zero-order valence-corrected chi connectivity index (χ0v) is 23.8. The van der Waals surface area contributed by atoms with Crippen molar-refractivity contribution in [1.82, 2.24) is 0 Å². The second kappa shape index (κ2) is 8.26. The molecule has 5 aliphatic carbocycles. The smallest absolute Gasteiger partial charge is 0.309 e. The van der Waals surface area contributed by atoms with Crippen LogP contribution in [0.4, 0.5) is 5.69 Å². The van der Waals surface area contributed by atoms with E-state index in [1.807, 2.05) is 6.92 Å². The maximum atomic E-state index is 14.3. The average molecular weight is 555 g/mol. The number of nitrogens with zero attached hydrogens (tertiary/aromatic N) is 1. The topological polar surface area (TPSA) is 135 Å². The van der Waals surface area contributed by atoms with Gasteiger partial charge in [-0.15, -0.1) is 0 Å². The number of carbonyl (C=O) groups excluding carboxylic acids is 2. The van der Waals surface area contributed by atoms with Gasteiger partial charge < -0.3 is 5.11 Å². The molecule has 4 unspecified atom stereocenters. The fourth-order valence-corrected chi connectivity index (χ4v) is 10.5. The van der Waals surface area contributed by atoms with E-state index in [-0.39, 0.29) is 45.8 Å². The quantitative estimate of drug-likeness (QED) is 0.420. The fraction of sp³-hybridized carbons (Fsp3) is 0.633. The highest BCUT2D eigenvalue weighted by atomic mass is 32.2. The molecule has 7 rings (SSSR count). The van der Waals surface area contributed by atoms with E-state index in [9.17, 15) is 27.9 Å². The lowest BCUT2D eigenvalue weighted by atomic mass is 9.34. The minimum absolute atomic E-state index is 0.0228. The standard InChI is InChI=1S/C30H38N2O6S/c1-16(2)20-15-30-13-10-21-28(3,11-5-12-29(21,4)27(35)36)22(30)14-19(20)23-24(30)26(34)32(25(23)33)17-6-8-18(9-7-17)39(31,37)38/h6-9,15-16,19,21-24H,5,10-14H2,1-4H3,(H,35,36)(H2,31,37,38)/t19?,21?,22?,23-,24+,28+,29-,30?/m1/s1. The van der Waals surface area contributed by atoms with Gasteiger partial charge in [-0.05, 0) is 92.4 Å². The second-order valence-electron chi connectivity index (χ2n) is 13.5. The number of hydrogen-bond acceptors (Lipinski definition) is 5. The van der Waals surface area contributed by atoms with Gasteiger partial charge in [0.1, 0.15) is 0 Å². The number of carboxylic acid groups (broad SMARTS) is 1. The second-order valence-corrected chi connectivity index (χ2v) is 15.1. The summed E-state index contributed by atoms with van der Waals surface area (Å²) in [4.78, 5) is 42.1. The van der Waals surface area contributed by atoms with Crippen LogP contribution in [0.1, 0.15) is 66.2 Å². The SMILES string of the molecule is CC(C)C1=CC23CCC4[C@](C)(CCC[C@@]4(C)C(=O)O)C2CC1[C@H]1C(=O)N(c2ccc(S(N)(=O)=O)cc2)C(=O)[C@H]13. The van der Waals surface area contributed by atoms with E-state index in [1.165, 1.54) is 34.7 Å². The maximum absolute atomic E-state index is 14.3. The van der Waals surface area contributed by atoms with Gasteiger partial charge in [-0.25, -0.2) is 13.6 Å². The number of imide groups is 1. The van der Waals surface area contributed by atoms with Gasteiger partial charge in [-0.1, -0.05) is 38.8 Å². The molecule has 0 radical (unpaired) electrons. The van der Waals surface area contributed by atoms with Gasteiger partial charge in [0.25, 0.3) is 0 Å². The predicted molar refractivity (Wildman–Crippen MR) is 145 cm³/mol. The summed E-state index contributed by atoms with van der Waals surface area (Å²) in [6.07, 6.45) is 7.01. The molecule has 1 saturated heterocycles. The van der Waals surface area contributed by atoms with Crippen molar-refractivity contribution in [3.63, 3.8) is 0 Å². The van der Waals surface area contributed by atoms with E-state index in [1.54, 1.807) is 0 Å². The molecular formula is C30H38N2O6S. The van der Waals surface area contributed by atoms with Crippen LogP contribution in [0.15, 0.2) is 40.8 Å². The number of carboxylic acids is 1. The molecule has 3 N–H and O–H groups in total. The van der Waals surface area contributed by atoms with Crippen molar-refractivity contribution in [2.45, 2.75) is 71.1 Å². The number of allylic oxidation sites excluding steroid dienone is 2. The molecule has 1 aliphatic heterocycles. The lowest BCUT2D eigenvalue weighted by Crippen LogP contribution is -2.65. The molecule has 210 valence electrons. The van der Waals surface area contributed by atoms with Crippen molar-refractivity contribution in [2.75, 3.05) is 4.90 Å². The molecule has 1 heterocycles. The van der Waals surface area contributed by atoms with Crippen LogP contribution in [0.3, 0.4) is 0 Å². The van der Waals surface area contributed by atoms with Crippen molar-refractivity contribution in [1.29, 1.82) is 0 Å². The third-order valence-electron chi connectivity index (χ3n) is 11.6. The lowest BCUT2D eigenvalue weighted by molar-refractivity contribution is -0.194. The number of rotatable bonds is 4. The maximum Gasteiger partial charge on any atom is 0.309 e. The molecule has 2 amide bonds. The molecule has 9 heteroatoms. The predicted octanol–water partition coefficient (Wildman–Crippen LogP) is 4.35. The summed E-state index contributed by atoms with van der Waals surface area (Å²) in [6.45, 7) is 8.46. The number of hydrogen-bond donors (Lipinski definition) is 2. The van der Waals surface area contributed by atoms with E-state index in [0.717, 1.165) is 25.7 Å². The first-order valence-electron chi connectivity index (χ1n) is 14.1. The molecule has 39 heavy (non-hydrogen) atoms. The largest absolute Gasteiger partial charge is 0.481 e. The first-order chi connectivity index (χ1) is 18.2. The number of sulfonamides is 1. The van der Waals surface area contributed by atoms with E-state index in [4.69, 9.17) is 5.14 Å². The number of anilines is 1. The summed E-state index contributed by atoms with van der Waals surface area (Å²) in [7, 11) is -3.90. The van der Waals surface area contributed by atoms with Crippen molar-refractivity contribution in [3.05, 3.63) is 35.9 Å². The molecule has 1 aromatic rings. The molecule has 3 saturated carbocycles. The third kappa shape index (κ3) is 3.38. The lowest BCUT2D eigenvalue weighted by Gasteiger charge is -2.68. The zero-order valence-electron chi connectivity index (χ0n) is 23.0. The zero-order chi connectivity index (χ0) is 28.3. The van der Waals surface area contributed by atoms with Gasteiger partial charge in [0.2, 0.25) is 21.8 Å². The first kappa shape index (κ1) is 26.7. The van der Waals surface area contributed by atoms with Gasteiger partial charge in [0.05, 0.1) is 27.8 Å². The Labute approximate surface area is 230 Å². The Balaban J connectivity index is 1.46. The van der Waals surface area contributed by atoms with Crippen LogP contribution in [0.2, 0.25) is 0 Å². The number of carbonyl (C=O) groups is 3. The number of nitrogens with two attached hydrogens (primary N) is 1. The van der Waals surface area contributed by atoms with E-state index in [0.29, 0.717) is 18.5 Å². The molecule has 2 bridgehead atoms. The van der Waals surface area contributed by atoms with Crippen molar-refractivity contribution in [3.8, 4) is 0 Å². The Morgan fingerprint density at radius 1 is 1.05 bits per heavy atom. The molecule has 8 nitrogen and oxygen atoms in total. The monoisotopic (exact) mass is 554 g/mol. The van der Waals surface area contributed by atoms with Crippen LogP contribution >= 0.6 is 0 Å². The number of benzene rings is 1. The molecule has 0 aromatic heterocycles. The Morgan fingerprint density at radius 2 is 1.72 bits per heavy atom.